The van der Waals surface area contributed by atoms with Crippen LogP contribution in [0.2, 0.25) is 0 Å². The Balaban J connectivity index is 2.32. The van der Waals surface area contributed by atoms with Gasteiger partial charge in [-0.2, -0.15) is 5.26 Å². The number of hydrogen-bond acceptors (Lipinski definition) is 3. The molecule has 0 aliphatic heterocycles. The van der Waals surface area contributed by atoms with Gasteiger partial charge in [0.05, 0.1) is 22.2 Å². The Labute approximate surface area is 114 Å². The summed E-state index contributed by atoms with van der Waals surface area (Å²) in [6, 6.07) is 11.5. The number of rotatable bonds is 2. The summed E-state index contributed by atoms with van der Waals surface area (Å²) < 4.78 is 0. The number of carbonyl (C=O) groups is 1. The number of aryl methyl sites for hydroxylation is 1. The third-order valence-corrected chi connectivity index (χ3v) is 4.09. The van der Waals surface area contributed by atoms with Crippen LogP contribution in [0.1, 0.15) is 20.8 Å². The van der Waals surface area contributed by atoms with Crippen LogP contribution < -0.4 is 0 Å². The predicted molar refractivity (Wildman–Crippen MR) is 76.5 cm³/mol. The second kappa shape index (κ2) is 4.38. The van der Waals surface area contributed by atoms with Gasteiger partial charge in [-0.1, -0.05) is 0 Å². The molecule has 0 atom stereocenters. The molecular weight excluding hydrogens is 256 g/mol. The monoisotopic (exact) mass is 266 g/mol. The minimum Gasteiger partial charge on any atom is -0.353 e. The number of aldehydes is 1. The van der Waals surface area contributed by atoms with Crippen LogP contribution in [0.5, 0.6) is 0 Å². The van der Waals surface area contributed by atoms with E-state index in [4.69, 9.17) is 5.26 Å². The van der Waals surface area contributed by atoms with E-state index < -0.39 is 0 Å². The molecule has 3 nitrogen and oxygen atoms in total. The summed E-state index contributed by atoms with van der Waals surface area (Å²) in [6.07, 6.45) is 0.852. The van der Waals surface area contributed by atoms with Crippen LogP contribution in [0, 0.1) is 18.3 Å². The molecule has 1 aromatic carbocycles. The lowest BCUT2D eigenvalue weighted by Gasteiger charge is -1.94. The van der Waals surface area contributed by atoms with E-state index in [1.807, 2.05) is 25.1 Å². The van der Waals surface area contributed by atoms with Gasteiger partial charge in [0.2, 0.25) is 0 Å². The molecule has 0 aliphatic carbocycles. The fraction of sp³-hybridized carbons (Fsp3) is 0.0667. The summed E-state index contributed by atoms with van der Waals surface area (Å²) in [7, 11) is 0. The molecule has 1 N–H and O–H groups in total. The third-order valence-electron chi connectivity index (χ3n) is 3.07. The molecule has 0 saturated heterocycles. The van der Waals surface area contributed by atoms with Gasteiger partial charge in [0.15, 0.2) is 6.29 Å². The first-order valence-electron chi connectivity index (χ1n) is 5.80. The van der Waals surface area contributed by atoms with Gasteiger partial charge >= 0.3 is 0 Å². The lowest BCUT2D eigenvalue weighted by Crippen LogP contribution is -1.81. The van der Waals surface area contributed by atoms with Crippen molar-refractivity contribution in [1.82, 2.24) is 4.98 Å². The highest BCUT2D eigenvalue weighted by Gasteiger charge is 2.14. The first-order valence-corrected chi connectivity index (χ1v) is 6.62. The zero-order valence-corrected chi connectivity index (χ0v) is 11.0. The number of hydrogen-bond donors (Lipinski definition) is 1. The van der Waals surface area contributed by atoms with Crippen LogP contribution in [0.25, 0.3) is 21.5 Å². The number of H-pyrrole nitrogens is 1. The Bertz CT molecular complexity index is 820. The molecule has 0 aliphatic rings. The van der Waals surface area contributed by atoms with Crippen LogP contribution >= 0.6 is 11.3 Å². The lowest BCUT2D eigenvalue weighted by molar-refractivity contribution is 0.112. The number of aromatic nitrogens is 1. The van der Waals surface area contributed by atoms with Crippen molar-refractivity contribution in [3.63, 3.8) is 0 Å². The second-order valence-electron chi connectivity index (χ2n) is 4.31. The van der Waals surface area contributed by atoms with E-state index in [0.717, 1.165) is 27.8 Å². The summed E-state index contributed by atoms with van der Waals surface area (Å²) in [5.74, 6) is 0. The smallest absolute Gasteiger partial charge is 0.152 e. The van der Waals surface area contributed by atoms with Gasteiger partial charge in [-0.3, -0.25) is 4.79 Å². The minimum atomic E-state index is 0.559. The molecule has 3 rings (SSSR count). The second-order valence-corrected chi connectivity index (χ2v) is 5.60. The number of carbonyl (C=O) groups excluding carboxylic acids is 1. The third kappa shape index (κ3) is 1.85. The maximum atomic E-state index is 11.4. The van der Waals surface area contributed by atoms with Gasteiger partial charge < -0.3 is 4.98 Å². The van der Waals surface area contributed by atoms with E-state index in [1.165, 1.54) is 4.88 Å². The van der Waals surface area contributed by atoms with Crippen LogP contribution in [-0.2, 0) is 0 Å². The number of nitriles is 1. The number of thiophene rings is 1. The summed E-state index contributed by atoms with van der Waals surface area (Å²) in [6.45, 7) is 2.03. The molecule has 0 spiro atoms. The van der Waals surface area contributed by atoms with E-state index in [-0.39, 0.29) is 0 Å². The van der Waals surface area contributed by atoms with Gasteiger partial charge in [-0.05, 0) is 37.3 Å². The Morgan fingerprint density at radius 1 is 1.32 bits per heavy atom. The summed E-state index contributed by atoms with van der Waals surface area (Å²) in [4.78, 5) is 16.9. The molecule has 0 fully saturated rings. The fourth-order valence-electron chi connectivity index (χ4n) is 2.17. The van der Waals surface area contributed by atoms with Crippen LogP contribution in [-0.4, -0.2) is 11.3 Å². The number of nitrogens with zero attached hydrogens (tertiary/aromatic N) is 1. The maximum absolute atomic E-state index is 11.4. The molecule has 0 bridgehead atoms. The van der Waals surface area contributed by atoms with Gasteiger partial charge in [-0.15, -0.1) is 11.3 Å². The highest BCUT2D eigenvalue weighted by atomic mass is 32.1. The molecule has 3 aromatic rings. The lowest BCUT2D eigenvalue weighted by atomic mass is 10.1. The molecule has 2 aromatic heterocycles. The zero-order valence-electron chi connectivity index (χ0n) is 10.2. The van der Waals surface area contributed by atoms with Crippen LogP contribution in [0.4, 0.5) is 0 Å². The summed E-state index contributed by atoms with van der Waals surface area (Å²) in [5.41, 5.74) is 2.89. The molecule has 19 heavy (non-hydrogen) atoms. The van der Waals surface area contributed by atoms with Gasteiger partial charge in [-0.25, -0.2) is 0 Å². The number of aromatic amines is 1. The SMILES string of the molecule is Cc1ccc(-c2[nH]c3ccc(C#N)cc3c2C=O)s1. The molecule has 0 radical (unpaired) electrons. The van der Waals surface area contributed by atoms with Crippen LogP contribution in [0.15, 0.2) is 30.3 Å². The normalized spacial score (nSPS) is 10.5. The molecule has 4 heteroatoms. The van der Waals surface area contributed by atoms with Crippen molar-refractivity contribution in [1.29, 1.82) is 5.26 Å². The van der Waals surface area contributed by atoms with Crippen molar-refractivity contribution < 1.29 is 4.79 Å². The van der Waals surface area contributed by atoms with Crippen molar-refractivity contribution in [2.24, 2.45) is 0 Å². The maximum Gasteiger partial charge on any atom is 0.152 e. The Kier molecular flexibility index (Phi) is 2.69. The van der Waals surface area contributed by atoms with Crippen LogP contribution in [0.3, 0.4) is 0 Å². The van der Waals surface area contributed by atoms with Crippen molar-refractivity contribution >= 4 is 28.5 Å². The van der Waals surface area contributed by atoms with Gasteiger partial charge in [0.25, 0.3) is 0 Å². The van der Waals surface area contributed by atoms with Crippen molar-refractivity contribution in [3.8, 4) is 16.6 Å². The standard InChI is InChI=1S/C15H10N2OS/c1-9-2-5-14(19-9)15-12(8-18)11-6-10(7-16)3-4-13(11)17-15/h2-6,8,17H,1H3. The molecule has 0 unspecified atom stereocenters. The van der Waals surface area contributed by atoms with Gasteiger partial charge in [0.1, 0.15) is 0 Å². The minimum absolute atomic E-state index is 0.559. The fourth-order valence-corrected chi connectivity index (χ4v) is 3.05. The number of nitrogens with one attached hydrogen (secondary N) is 1. The highest BCUT2D eigenvalue weighted by Crippen LogP contribution is 2.33. The van der Waals surface area contributed by atoms with Gasteiger partial charge in [0, 0.05) is 21.3 Å². The Morgan fingerprint density at radius 3 is 2.79 bits per heavy atom. The first kappa shape index (κ1) is 11.7. The predicted octanol–water partition coefficient (Wildman–Crippen LogP) is 3.89. The molecule has 2 heterocycles. The summed E-state index contributed by atoms with van der Waals surface area (Å²) in [5, 5.41) is 9.74. The van der Waals surface area contributed by atoms with Crippen molar-refractivity contribution in [3.05, 3.63) is 46.3 Å². The number of benzene rings is 1. The van der Waals surface area contributed by atoms with E-state index >= 15 is 0 Å². The number of fused-ring (bicyclic) bond motifs is 1. The van der Waals surface area contributed by atoms with E-state index in [2.05, 4.69) is 11.1 Å². The van der Waals surface area contributed by atoms with E-state index in [9.17, 15) is 4.79 Å². The average molecular weight is 266 g/mol. The Hall–Kier alpha value is -2.38. The molecule has 0 saturated carbocycles. The highest BCUT2D eigenvalue weighted by molar-refractivity contribution is 7.15. The van der Waals surface area contributed by atoms with Crippen molar-refractivity contribution in [2.75, 3.05) is 0 Å². The van der Waals surface area contributed by atoms with Crippen molar-refractivity contribution in [2.45, 2.75) is 6.92 Å². The zero-order chi connectivity index (χ0) is 13.4. The van der Waals surface area contributed by atoms with E-state index in [0.29, 0.717) is 11.1 Å². The molecular formula is C15H10N2OS. The van der Waals surface area contributed by atoms with E-state index in [1.54, 1.807) is 23.5 Å². The Morgan fingerprint density at radius 2 is 2.16 bits per heavy atom. The molecule has 92 valence electrons. The topological polar surface area (TPSA) is 56.6 Å². The quantitative estimate of drug-likeness (QED) is 0.715. The average Bonchev–Trinajstić information content (AvgIpc) is 3.00. The molecule has 0 amide bonds. The summed E-state index contributed by atoms with van der Waals surface area (Å²) >= 11 is 1.64. The largest absolute Gasteiger partial charge is 0.353 e. The first-order chi connectivity index (χ1) is 9.22.